The fraction of sp³-hybridized carbons (Fsp3) is 0.500. The van der Waals surface area contributed by atoms with Crippen LogP contribution >= 0.6 is 0 Å². The second-order valence-electron chi connectivity index (χ2n) is 6.59. The van der Waals surface area contributed by atoms with Gasteiger partial charge in [-0.3, -0.25) is 0 Å². The lowest BCUT2D eigenvalue weighted by molar-refractivity contribution is -0.137. The van der Waals surface area contributed by atoms with Crippen molar-refractivity contribution in [3.8, 4) is 0 Å². The van der Waals surface area contributed by atoms with Gasteiger partial charge >= 0.3 is 6.18 Å². The highest BCUT2D eigenvalue weighted by molar-refractivity contribution is 5.53. The maximum Gasteiger partial charge on any atom is 0.416 e. The number of alkyl halides is 3. The van der Waals surface area contributed by atoms with E-state index in [0.29, 0.717) is 18.9 Å². The third-order valence-corrected chi connectivity index (χ3v) is 3.89. The second kappa shape index (κ2) is 7.28. The molecule has 0 bridgehead atoms. The Morgan fingerprint density at radius 3 is 2.22 bits per heavy atom. The molecule has 0 aromatic heterocycles. The minimum atomic E-state index is -4.61. The molecule has 0 aliphatic heterocycles. The standard InChI is InChI=1S/C18H22F4O/c1-12(2)5-6-17(4,10-13(3)11-23)14-7-15(18(20,21)22)9-16(19)8-14/h5,7-9,11,13H,6,10H2,1-4H3. The average molecular weight is 330 g/mol. The average Bonchev–Trinajstić information content (AvgIpc) is 2.43. The van der Waals surface area contributed by atoms with Crippen LogP contribution in [0.2, 0.25) is 0 Å². The zero-order valence-corrected chi connectivity index (χ0v) is 13.8. The molecule has 0 aliphatic carbocycles. The van der Waals surface area contributed by atoms with Crippen LogP contribution in [0.4, 0.5) is 17.6 Å². The van der Waals surface area contributed by atoms with Gasteiger partial charge in [-0.25, -0.2) is 4.39 Å². The van der Waals surface area contributed by atoms with E-state index in [1.807, 2.05) is 19.9 Å². The lowest BCUT2D eigenvalue weighted by Crippen LogP contribution is -2.26. The summed E-state index contributed by atoms with van der Waals surface area (Å²) in [6.07, 6.45) is -1.15. The van der Waals surface area contributed by atoms with Gasteiger partial charge in [0.15, 0.2) is 0 Å². The van der Waals surface area contributed by atoms with E-state index >= 15 is 0 Å². The molecule has 0 amide bonds. The monoisotopic (exact) mass is 330 g/mol. The van der Waals surface area contributed by atoms with E-state index in [2.05, 4.69) is 0 Å². The predicted molar refractivity (Wildman–Crippen MR) is 82.6 cm³/mol. The summed E-state index contributed by atoms with van der Waals surface area (Å²) in [6, 6.07) is 2.61. The molecule has 2 unspecified atom stereocenters. The summed E-state index contributed by atoms with van der Waals surface area (Å²) in [4.78, 5) is 11.0. The fourth-order valence-corrected chi connectivity index (χ4v) is 2.61. The fourth-order valence-electron chi connectivity index (χ4n) is 2.61. The van der Waals surface area contributed by atoms with Crippen molar-refractivity contribution in [2.24, 2.45) is 5.92 Å². The topological polar surface area (TPSA) is 17.1 Å². The molecule has 2 atom stereocenters. The summed E-state index contributed by atoms with van der Waals surface area (Å²) < 4.78 is 52.6. The molecule has 0 heterocycles. The van der Waals surface area contributed by atoms with Crippen LogP contribution in [0.1, 0.15) is 51.7 Å². The maximum atomic E-state index is 13.7. The summed E-state index contributed by atoms with van der Waals surface area (Å²) in [6.45, 7) is 7.24. The molecule has 5 heteroatoms. The molecule has 23 heavy (non-hydrogen) atoms. The normalized spacial score (nSPS) is 15.7. The number of halogens is 4. The molecule has 1 rings (SSSR count). The highest BCUT2D eigenvalue weighted by Crippen LogP contribution is 2.38. The van der Waals surface area contributed by atoms with E-state index in [9.17, 15) is 22.4 Å². The first-order valence-electron chi connectivity index (χ1n) is 7.45. The quantitative estimate of drug-likeness (QED) is 0.372. The van der Waals surface area contributed by atoms with E-state index < -0.39 is 23.0 Å². The molecule has 1 aromatic rings. The van der Waals surface area contributed by atoms with Gasteiger partial charge in [0, 0.05) is 5.92 Å². The highest BCUT2D eigenvalue weighted by Gasteiger charge is 2.35. The van der Waals surface area contributed by atoms with Crippen molar-refractivity contribution in [2.45, 2.75) is 52.1 Å². The van der Waals surface area contributed by atoms with Crippen LogP contribution in [0.15, 0.2) is 29.8 Å². The SMILES string of the molecule is CC(C)=CCC(C)(CC(C)C=O)c1cc(F)cc(C(F)(F)F)c1. The smallest absolute Gasteiger partial charge is 0.303 e. The molecule has 0 aliphatic rings. The van der Waals surface area contributed by atoms with Gasteiger partial charge in [0.25, 0.3) is 0 Å². The van der Waals surface area contributed by atoms with E-state index in [4.69, 9.17) is 0 Å². The van der Waals surface area contributed by atoms with Gasteiger partial charge in [0.2, 0.25) is 0 Å². The molecule has 0 saturated carbocycles. The van der Waals surface area contributed by atoms with Crippen LogP contribution in [0.3, 0.4) is 0 Å². The first kappa shape index (κ1) is 19.4. The molecule has 1 nitrogen and oxygen atoms in total. The Morgan fingerprint density at radius 2 is 1.74 bits per heavy atom. The van der Waals surface area contributed by atoms with Crippen LogP contribution in [0.5, 0.6) is 0 Å². The van der Waals surface area contributed by atoms with Gasteiger partial charge in [-0.1, -0.05) is 25.5 Å². The molecule has 1 aromatic carbocycles. The third-order valence-electron chi connectivity index (χ3n) is 3.89. The maximum absolute atomic E-state index is 13.7. The van der Waals surface area contributed by atoms with Crippen molar-refractivity contribution >= 4 is 6.29 Å². The Hall–Kier alpha value is -1.65. The van der Waals surface area contributed by atoms with Crippen molar-refractivity contribution in [1.82, 2.24) is 0 Å². The van der Waals surface area contributed by atoms with Crippen molar-refractivity contribution < 1.29 is 22.4 Å². The summed E-state index contributed by atoms with van der Waals surface area (Å²) >= 11 is 0. The second-order valence-corrected chi connectivity index (χ2v) is 6.59. The minimum Gasteiger partial charge on any atom is -0.303 e. The Bertz CT molecular complexity index is 585. The number of hydrogen-bond donors (Lipinski definition) is 0. The summed E-state index contributed by atoms with van der Waals surface area (Å²) in [5, 5.41) is 0. The lowest BCUT2D eigenvalue weighted by atomic mass is 9.73. The first-order valence-corrected chi connectivity index (χ1v) is 7.45. The molecule has 0 fully saturated rings. The van der Waals surface area contributed by atoms with Crippen molar-refractivity contribution in [1.29, 1.82) is 0 Å². The Kier molecular flexibility index (Phi) is 6.14. The third kappa shape index (κ3) is 5.48. The zero-order valence-electron chi connectivity index (χ0n) is 13.8. The molecule has 128 valence electrons. The minimum absolute atomic E-state index is 0.260. The lowest BCUT2D eigenvalue weighted by Gasteiger charge is -2.31. The van der Waals surface area contributed by atoms with Crippen LogP contribution < -0.4 is 0 Å². The molecular weight excluding hydrogens is 308 g/mol. The van der Waals surface area contributed by atoms with E-state index in [0.717, 1.165) is 24.0 Å². The Labute approximate surface area is 134 Å². The van der Waals surface area contributed by atoms with Gasteiger partial charge in [-0.05, 0) is 55.9 Å². The number of carbonyl (C=O) groups is 1. The van der Waals surface area contributed by atoms with Crippen LogP contribution in [-0.4, -0.2) is 6.29 Å². The highest BCUT2D eigenvalue weighted by atomic mass is 19.4. The molecule has 0 N–H and O–H groups in total. The number of hydrogen-bond acceptors (Lipinski definition) is 1. The van der Waals surface area contributed by atoms with Crippen LogP contribution in [0, 0.1) is 11.7 Å². The largest absolute Gasteiger partial charge is 0.416 e. The van der Waals surface area contributed by atoms with Crippen molar-refractivity contribution in [3.63, 3.8) is 0 Å². The van der Waals surface area contributed by atoms with Gasteiger partial charge < -0.3 is 4.79 Å². The number of carbonyl (C=O) groups excluding carboxylic acids is 1. The summed E-state index contributed by atoms with van der Waals surface area (Å²) in [7, 11) is 0. The van der Waals surface area contributed by atoms with E-state index in [1.165, 1.54) is 0 Å². The predicted octanol–water partition coefficient (Wildman–Crippen LogP) is 5.68. The first-order chi connectivity index (χ1) is 10.5. The molecule has 0 spiro atoms. The number of aldehydes is 1. The summed E-state index contributed by atoms with van der Waals surface area (Å²) in [5.41, 5.74) is -0.479. The number of rotatable bonds is 6. The van der Waals surface area contributed by atoms with Gasteiger partial charge in [-0.2, -0.15) is 13.2 Å². The zero-order chi connectivity index (χ0) is 17.8. The van der Waals surface area contributed by atoms with E-state index in [1.54, 1.807) is 13.8 Å². The van der Waals surface area contributed by atoms with Gasteiger partial charge in [-0.15, -0.1) is 0 Å². The van der Waals surface area contributed by atoms with Crippen LogP contribution in [-0.2, 0) is 16.4 Å². The van der Waals surface area contributed by atoms with Crippen molar-refractivity contribution in [3.05, 3.63) is 46.8 Å². The van der Waals surface area contributed by atoms with Gasteiger partial charge in [0.05, 0.1) is 5.56 Å². The molecule has 0 saturated heterocycles. The Morgan fingerprint density at radius 1 is 1.17 bits per heavy atom. The van der Waals surface area contributed by atoms with E-state index in [-0.39, 0.29) is 11.5 Å². The Balaban J connectivity index is 3.38. The number of allylic oxidation sites excluding steroid dienone is 2. The van der Waals surface area contributed by atoms with Gasteiger partial charge in [0.1, 0.15) is 12.1 Å². The van der Waals surface area contributed by atoms with Crippen molar-refractivity contribution in [2.75, 3.05) is 0 Å². The van der Waals surface area contributed by atoms with Crippen LogP contribution in [0.25, 0.3) is 0 Å². The summed E-state index contributed by atoms with van der Waals surface area (Å²) in [5.74, 6) is -1.25. The number of benzene rings is 1. The molecular formula is C18H22F4O. The molecule has 0 radical (unpaired) electrons.